The number of carbonyl (C=O) groups is 1. The van der Waals surface area contributed by atoms with Gasteiger partial charge in [0.2, 0.25) is 15.0 Å². The number of amides is 1. The zero-order valence-corrected chi connectivity index (χ0v) is 13.4. The maximum atomic E-state index is 13.4. The number of nitrogens with zero attached hydrogens (tertiary/aromatic N) is 1. The fraction of sp³-hybridized carbons (Fsp3) is 0.364. The van der Waals surface area contributed by atoms with Gasteiger partial charge in [0.15, 0.2) is 0 Å². The van der Waals surface area contributed by atoms with Crippen molar-refractivity contribution in [3.8, 4) is 5.75 Å². The summed E-state index contributed by atoms with van der Waals surface area (Å²) >= 11 is 3.02. The predicted molar refractivity (Wildman–Crippen MR) is 76.2 cm³/mol. The molecule has 1 aliphatic heterocycles. The molecule has 1 amide bonds. The SMILES string of the molecule is COc1cc(F)c(Br)cc1N1CC(S(=O)(=O)Cl)CC1=O. The summed E-state index contributed by atoms with van der Waals surface area (Å²) in [6.07, 6.45) is -0.204. The molecule has 0 N–H and O–H groups in total. The molecule has 1 aliphatic rings. The standard InChI is InChI=1S/C11H10BrClFNO4S/c1-19-10-4-8(14)7(12)3-9(10)15-5-6(2-11(15)16)20(13,17)18/h3-4,6H,2,5H2,1H3. The van der Waals surface area contributed by atoms with E-state index in [-0.39, 0.29) is 23.2 Å². The third-order valence-electron chi connectivity index (χ3n) is 3.00. The first kappa shape index (κ1) is 15.5. The van der Waals surface area contributed by atoms with E-state index in [0.29, 0.717) is 5.69 Å². The van der Waals surface area contributed by atoms with E-state index in [0.717, 1.165) is 6.07 Å². The lowest BCUT2D eigenvalue weighted by Gasteiger charge is -2.19. The molecule has 1 aromatic carbocycles. The fourth-order valence-electron chi connectivity index (χ4n) is 1.99. The molecular formula is C11H10BrClFNO4S. The van der Waals surface area contributed by atoms with Crippen LogP contribution in [0.1, 0.15) is 6.42 Å². The van der Waals surface area contributed by atoms with Gasteiger partial charge in [0.1, 0.15) is 16.8 Å². The molecule has 1 saturated heterocycles. The van der Waals surface area contributed by atoms with Crippen molar-refractivity contribution in [1.82, 2.24) is 0 Å². The first-order chi connectivity index (χ1) is 9.24. The van der Waals surface area contributed by atoms with E-state index in [1.165, 1.54) is 18.1 Å². The average molecular weight is 387 g/mol. The second-order valence-electron chi connectivity index (χ2n) is 4.24. The number of hydrogen-bond donors (Lipinski definition) is 0. The second-order valence-corrected chi connectivity index (χ2v) is 8.01. The summed E-state index contributed by atoms with van der Waals surface area (Å²) in [5.74, 6) is -0.804. The second kappa shape index (κ2) is 5.50. The van der Waals surface area contributed by atoms with Gasteiger partial charge in [-0.2, -0.15) is 0 Å². The molecule has 5 nitrogen and oxygen atoms in total. The summed E-state index contributed by atoms with van der Waals surface area (Å²) < 4.78 is 41.3. The molecule has 0 aromatic heterocycles. The van der Waals surface area contributed by atoms with Crippen molar-refractivity contribution in [2.45, 2.75) is 11.7 Å². The number of halogens is 3. The summed E-state index contributed by atoms with van der Waals surface area (Å²) in [6, 6.07) is 2.49. The van der Waals surface area contributed by atoms with Crippen LogP contribution in [-0.4, -0.2) is 33.2 Å². The maximum absolute atomic E-state index is 13.4. The third-order valence-corrected chi connectivity index (χ3v) is 5.48. The lowest BCUT2D eigenvalue weighted by molar-refractivity contribution is -0.117. The monoisotopic (exact) mass is 385 g/mol. The highest BCUT2D eigenvalue weighted by molar-refractivity contribution is 9.10. The Hall–Kier alpha value is -0.860. The van der Waals surface area contributed by atoms with Crippen LogP contribution in [0, 0.1) is 5.82 Å². The van der Waals surface area contributed by atoms with E-state index in [1.54, 1.807) is 0 Å². The number of anilines is 1. The van der Waals surface area contributed by atoms with Crippen molar-refractivity contribution in [2.24, 2.45) is 0 Å². The van der Waals surface area contributed by atoms with Crippen molar-refractivity contribution in [3.05, 3.63) is 22.4 Å². The molecule has 0 bridgehead atoms. The summed E-state index contributed by atoms with van der Waals surface area (Å²) in [6.45, 7) is -0.0842. The Morgan fingerprint density at radius 1 is 1.50 bits per heavy atom. The minimum absolute atomic E-state index is 0.0842. The summed E-state index contributed by atoms with van der Waals surface area (Å²) in [4.78, 5) is 13.2. The van der Waals surface area contributed by atoms with Gasteiger partial charge in [-0.05, 0) is 22.0 Å². The van der Waals surface area contributed by atoms with Gasteiger partial charge in [-0.25, -0.2) is 12.8 Å². The molecular weight excluding hydrogens is 377 g/mol. The van der Waals surface area contributed by atoms with Gasteiger partial charge in [-0.3, -0.25) is 4.79 Å². The van der Waals surface area contributed by atoms with E-state index in [4.69, 9.17) is 15.4 Å². The van der Waals surface area contributed by atoms with E-state index in [9.17, 15) is 17.6 Å². The topological polar surface area (TPSA) is 63.7 Å². The summed E-state index contributed by atoms with van der Waals surface area (Å²) in [7, 11) is 2.79. The van der Waals surface area contributed by atoms with Gasteiger partial charge in [-0.1, -0.05) is 0 Å². The van der Waals surface area contributed by atoms with Gasteiger partial charge >= 0.3 is 0 Å². The third kappa shape index (κ3) is 2.91. The quantitative estimate of drug-likeness (QED) is 0.748. The zero-order valence-electron chi connectivity index (χ0n) is 10.3. The highest BCUT2D eigenvalue weighted by atomic mass is 79.9. The molecule has 2 rings (SSSR count). The van der Waals surface area contributed by atoms with Gasteiger partial charge in [0.25, 0.3) is 0 Å². The van der Waals surface area contributed by atoms with E-state index < -0.39 is 26.0 Å². The van der Waals surface area contributed by atoms with Gasteiger partial charge in [0.05, 0.1) is 17.3 Å². The Balaban J connectivity index is 2.42. The largest absolute Gasteiger partial charge is 0.494 e. The lowest BCUT2D eigenvalue weighted by Crippen LogP contribution is -2.27. The Kier molecular flexibility index (Phi) is 4.27. The molecule has 1 atom stereocenters. The molecule has 9 heteroatoms. The molecule has 1 aromatic rings. The fourth-order valence-corrected chi connectivity index (χ4v) is 3.35. The van der Waals surface area contributed by atoms with Crippen LogP contribution in [0.3, 0.4) is 0 Å². The molecule has 20 heavy (non-hydrogen) atoms. The maximum Gasteiger partial charge on any atom is 0.237 e. The zero-order chi connectivity index (χ0) is 15.1. The molecule has 0 saturated carbocycles. The van der Waals surface area contributed by atoms with Crippen LogP contribution < -0.4 is 9.64 Å². The smallest absolute Gasteiger partial charge is 0.237 e. The normalized spacial score (nSPS) is 19.5. The molecule has 0 radical (unpaired) electrons. The molecule has 0 spiro atoms. The number of rotatable bonds is 3. The molecule has 0 aliphatic carbocycles. The summed E-state index contributed by atoms with van der Waals surface area (Å²) in [5.41, 5.74) is 0.300. The van der Waals surface area contributed by atoms with Crippen molar-refractivity contribution < 1.29 is 22.3 Å². The van der Waals surface area contributed by atoms with Gasteiger partial charge in [0, 0.05) is 29.7 Å². The Morgan fingerprint density at radius 2 is 2.15 bits per heavy atom. The Labute approximate surface area is 128 Å². The van der Waals surface area contributed by atoms with Crippen molar-refractivity contribution in [1.29, 1.82) is 0 Å². The first-order valence-corrected chi connectivity index (χ1v) is 8.67. The van der Waals surface area contributed by atoms with E-state index in [1.807, 2.05) is 0 Å². The minimum atomic E-state index is -3.83. The van der Waals surface area contributed by atoms with Crippen LogP contribution in [0.4, 0.5) is 10.1 Å². The van der Waals surface area contributed by atoms with Crippen LogP contribution in [0.2, 0.25) is 0 Å². The minimum Gasteiger partial charge on any atom is -0.494 e. The van der Waals surface area contributed by atoms with Crippen LogP contribution in [0.25, 0.3) is 0 Å². The number of hydrogen-bond acceptors (Lipinski definition) is 4. The van der Waals surface area contributed by atoms with Crippen molar-refractivity contribution in [3.63, 3.8) is 0 Å². The van der Waals surface area contributed by atoms with E-state index in [2.05, 4.69) is 15.9 Å². The van der Waals surface area contributed by atoms with Crippen LogP contribution >= 0.6 is 26.6 Å². The van der Waals surface area contributed by atoms with Crippen LogP contribution in [-0.2, 0) is 13.8 Å². The lowest BCUT2D eigenvalue weighted by atomic mass is 10.2. The molecule has 1 fully saturated rings. The summed E-state index contributed by atoms with van der Waals surface area (Å²) in [5, 5.41) is -0.981. The number of carbonyl (C=O) groups excluding carboxylic acids is 1. The van der Waals surface area contributed by atoms with Crippen molar-refractivity contribution in [2.75, 3.05) is 18.6 Å². The van der Waals surface area contributed by atoms with Gasteiger partial charge in [-0.15, -0.1) is 0 Å². The average Bonchev–Trinajstić information content (AvgIpc) is 2.74. The number of methoxy groups -OCH3 is 1. The highest BCUT2D eigenvalue weighted by Crippen LogP contribution is 2.37. The Morgan fingerprint density at radius 3 is 2.65 bits per heavy atom. The van der Waals surface area contributed by atoms with Crippen LogP contribution in [0.15, 0.2) is 16.6 Å². The predicted octanol–water partition coefficient (Wildman–Crippen LogP) is 2.27. The molecule has 1 heterocycles. The number of ether oxygens (including phenoxy) is 1. The van der Waals surface area contributed by atoms with Gasteiger partial charge < -0.3 is 9.64 Å². The molecule has 110 valence electrons. The Bertz CT molecular complexity index is 667. The van der Waals surface area contributed by atoms with Crippen LogP contribution in [0.5, 0.6) is 5.75 Å². The van der Waals surface area contributed by atoms with E-state index >= 15 is 0 Å². The molecule has 1 unspecified atom stereocenters. The highest BCUT2D eigenvalue weighted by Gasteiger charge is 2.39. The first-order valence-electron chi connectivity index (χ1n) is 5.51. The van der Waals surface area contributed by atoms with Crippen molar-refractivity contribution >= 4 is 47.3 Å². The number of benzene rings is 1.